The second kappa shape index (κ2) is 5.85. The van der Waals surface area contributed by atoms with Crippen LogP contribution in [0.5, 0.6) is 0 Å². The van der Waals surface area contributed by atoms with E-state index >= 15 is 0 Å². The van der Waals surface area contributed by atoms with Crippen LogP contribution in [0.4, 0.5) is 24.9 Å². The van der Waals surface area contributed by atoms with Gasteiger partial charge in [-0.15, -0.1) is 0 Å². The quantitative estimate of drug-likeness (QED) is 0.841. The first-order valence-electron chi connectivity index (χ1n) is 6.90. The van der Waals surface area contributed by atoms with E-state index in [1.54, 1.807) is 0 Å². The van der Waals surface area contributed by atoms with Crippen LogP contribution in [-0.4, -0.2) is 22.6 Å². The monoisotopic (exact) mass is 288 g/mol. The fourth-order valence-corrected chi connectivity index (χ4v) is 2.05. The molecule has 0 aromatic carbocycles. The van der Waals surface area contributed by atoms with Gasteiger partial charge in [-0.25, -0.2) is 4.98 Å². The molecule has 1 fully saturated rings. The predicted octanol–water partition coefficient (Wildman–Crippen LogP) is 3.53. The summed E-state index contributed by atoms with van der Waals surface area (Å²) >= 11 is 0. The van der Waals surface area contributed by atoms with Crippen molar-refractivity contribution in [3.63, 3.8) is 0 Å². The van der Waals surface area contributed by atoms with Crippen LogP contribution in [0, 0.1) is 5.92 Å². The molecule has 4 nitrogen and oxygen atoms in total. The van der Waals surface area contributed by atoms with Gasteiger partial charge in [0.1, 0.15) is 5.82 Å². The second-order valence-electron chi connectivity index (χ2n) is 5.04. The predicted molar refractivity (Wildman–Crippen MR) is 71.6 cm³/mol. The smallest absolute Gasteiger partial charge is 0.367 e. The summed E-state index contributed by atoms with van der Waals surface area (Å²) in [5.74, 6) is 0.802. The van der Waals surface area contributed by atoms with Gasteiger partial charge in [-0.3, -0.25) is 0 Å². The number of rotatable bonds is 6. The zero-order valence-electron chi connectivity index (χ0n) is 11.6. The molecule has 112 valence electrons. The number of nitrogens with one attached hydrogen (secondary N) is 2. The van der Waals surface area contributed by atoms with E-state index in [1.165, 1.54) is 0 Å². The van der Waals surface area contributed by atoms with E-state index in [2.05, 4.69) is 27.5 Å². The summed E-state index contributed by atoms with van der Waals surface area (Å²) in [7, 11) is 0. The lowest BCUT2D eigenvalue weighted by Crippen LogP contribution is -2.15. The maximum Gasteiger partial charge on any atom is 0.433 e. The van der Waals surface area contributed by atoms with Crippen molar-refractivity contribution in [3.8, 4) is 0 Å². The minimum Gasteiger partial charge on any atom is -0.367 e. The van der Waals surface area contributed by atoms with Crippen LogP contribution in [0.15, 0.2) is 6.07 Å². The summed E-state index contributed by atoms with van der Waals surface area (Å²) in [6.45, 7) is 4.54. The molecule has 1 heterocycles. The third kappa shape index (κ3) is 3.74. The summed E-state index contributed by atoms with van der Waals surface area (Å²) in [5, 5.41) is 5.86. The molecular weight excluding hydrogens is 269 g/mol. The van der Waals surface area contributed by atoms with Crippen molar-refractivity contribution >= 4 is 11.8 Å². The Morgan fingerprint density at radius 2 is 2.05 bits per heavy atom. The Hall–Kier alpha value is -1.53. The van der Waals surface area contributed by atoms with Crippen LogP contribution in [-0.2, 0) is 6.18 Å². The first kappa shape index (κ1) is 14.9. The average Bonchev–Trinajstić information content (AvgIpc) is 3.13. The van der Waals surface area contributed by atoms with Gasteiger partial charge in [-0.05, 0) is 18.8 Å². The molecule has 20 heavy (non-hydrogen) atoms. The molecule has 0 saturated heterocycles. The first-order chi connectivity index (χ1) is 9.44. The van der Waals surface area contributed by atoms with Crippen molar-refractivity contribution in [3.05, 3.63) is 11.8 Å². The third-order valence-corrected chi connectivity index (χ3v) is 3.33. The largest absolute Gasteiger partial charge is 0.433 e. The van der Waals surface area contributed by atoms with Crippen molar-refractivity contribution in [2.24, 2.45) is 5.92 Å². The number of alkyl halides is 3. The van der Waals surface area contributed by atoms with Gasteiger partial charge in [0.2, 0.25) is 5.95 Å². The molecule has 2 atom stereocenters. The second-order valence-corrected chi connectivity index (χ2v) is 5.04. The highest BCUT2D eigenvalue weighted by Gasteiger charge is 2.37. The Balaban J connectivity index is 2.16. The highest BCUT2D eigenvalue weighted by molar-refractivity contribution is 5.45. The van der Waals surface area contributed by atoms with Gasteiger partial charge in [-0.1, -0.05) is 20.3 Å². The van der Waals surface area contributed by atoms with Gasteiger partial charge in [-0.2, -0.15) is 18.2 Å². The average molecular weight is 288 g/mol. The van der Waals surface area contributed by atoms with Crippen molar-refractivity contribution in [2.45, 2.75) is 45.3 Å². The van der Waals surface area contributed by atoms with E-state index < -0.39 is 11.9 Å². The zero-order valence-corrected chi connectivity index (χ0v) is 11.6. The Morgan fingerprint density at radius 3 is 2.60 bits per heavy atom. The molecular formula is C13H19F3N4. The van der Waals surface area contributed by atoms with Crippen molar-refractivity contribution in [1.29, 1.82) is 0 Å². The Bertz CT molecular complexity index is 461. The van der Waals surface area contributed by atoms with Crippen molar-refractivity contribution < 1.29 is 13.2 Å². The lowest BCUT2D eigenvalue weighted by atomic mass is 10.3. The van der Waals surface area contributed by atoms with Crippen LogP contribution in [0.25, 0.3) is 0 Å². The molecule has 0 bridgehead atoms. The normalized spacial score (nSPS) is 21.6. The number of hydrogen-bond acceptors (Lipinski definition) is 4. The van der Waals surface area contributed by atoms with Crippen LogP contribution >= 0.6 is 0 Å². The van der Waals surface area contributed by atoms with Crippen LogP contribution in [0.3, 0.4) is 0 Å². The van der Waals surface area contributed by atoms with E-state index in [9.17, 15) is 13.2 Å². The Kier molecular flexibility index (Phi) is 4.35. The molecule has 2 rings (SSSR count). The lowest BCUT2D eigenvalue weighted by Gasteiger charge is -2.12. The minimum absolute atomic E-state index is 0.0258. The number of anilines is 2. The number of hydrogen-bond donors (Lipinski definition) is 2. The molecule has 7 heteroatoms. The Morgan fingerprint density at radius 1 is 1.30 bits per heavy atom. The molecule has 0 spiro atoms. The third-order valence-electron chi connectivity index (χ3n) is 3.33. The topological polar surface area (TPSA) is 49.8 Å². The summed E-state index contributed by atoms with van der Waals surface area (Å²) in [4.78, 5) is 7.62. The summed E-state index contributed by atoms with van der Waals surface area (Å²) in [6.07, 6.45) is -1.66. The summed E-state index contributed by atoms with van der Waals surface area (Å²) in [6, 6.07) is 1.21. The van der Waals surface area contributed by atoms with Gasteiger partial charge in [0.05, 0.1) is 0 Å². The van der Waals surface area contributed by atoms with E-state index in [0.29, 0.717) is 12.5 Å². The summed E-state index contributed by atoms with van der Waals surface area (Å²) in [5.41, 5.74) is -0.915. The lowest BCUT2D eigenvalue weighted by molar-refractivity contribution is -0.141. The van der Waals surface area contributed by atoms with Crippen molar-refractivity contribution in [2.75, 3.05) is 17.2 Å². The van der Waals surface area contributed by atoms with Gasteiger partial charge in [0.25, 0.3) is 0 Å². The van der Waals surface area contributed by atoms with Crippen LogP contribution in [0.1, 0.15) is 38.8 Å². The van der Waals surface area contributed by atoms with Gasteiger partial charge >= 0.3 is 6.18 Å². The maximum absolute atomic E-state index is 12.8. The number of aromatic nitrogens is 2. The number of nitrogens with zero attached hydrogens (tertiary/aromatic N) is 2. The van der Waals surface area contributed by atoms with Gasteiger partial charge in [0.15, 0.2) is 5.69 Å². The molecule has 2 unspecified atom stereocenters. The Labute approximate surface area is 116 Å². The molecule has 2 N–H and O–H groups in total. The minimum atomic E-state index is -4.46. The zero-order chi connectivity index (χ0) is 14.8. The number of halogens is 3. The van der Waals surface area contributed by atoms with Gasteiger partial charge in [0, 0.05) is 18.7 Å². The molecule has 1 aliphatic rings. The molecule has 0 radical (unpaired) electrons. The maximum atomic E-state index is 12.8. The molecule has 1 aromatic heterocycles. The molecule has 0 aliphatic heterocycles. The first-order valence-corrected chi connectivity index (χ1v) is 6.90. The molecule has 1 aromatic rings. The highest BCUT2D eigenvalue weighted by Crippen LogP contribution is 2.37. The van der Waals surface area contributed by atoms with E-state index in [1.807, 2.05) is 6.92 Å². The van der Waals surface area contributed by atoms with Crippen molar-refractivity contribution in [1.82, 2.24) is 9.97 Å². The van der Waals surface area contributed by atoms with Crippen LogP contribution in [0.2, 0.25) is 0 Å². The SMILES string of the molecule is CCCNc1nc(NC2CC2CC)cc(C(F)(F)F)n1. The molecule has 1 saturated carbocycles. The summed E-state index contributed by atoms with van der Waals surface area (Å²) < 4.78 is 38.5. The fourth-order valence-electron chi connectivity index (χ4n) is 2.05. The van der Waals surface area contributed by atoms with Crippen LogP contribution < -0.4 is 10.6 Å². The molecule has 0 amide bonds. The molecule has 1 aliphatic carbocycles. The van der Waals surface area contributed by atoms with Gasteiger partial charge < -0.3 is 10.6 Å². The standard InChI is InChI=1S/C13H19F3N4/c1-3-5-17-12-19-10(13(14,15)16)7-11(20-12)18-9-6-8(9)4-2/h7-9H,3-6H2,1-2H3,(H2,17,18,19,20). The highest BCUT2D eigenvalue weighted by atomic mass is 19.4. The fraction of sp³-hybridized carbons (Fsp3) is 0.692. The van der Waals surface area contributed by atoms with E-state index in [0.717, 1.165) is 25.3 Å². The van der Waals surface area contributed by atoms with E-state index in [-0.39, 0.29) is 17.8 Å². The van der Waals surface area contributed by atoms with E-state index in [4.69, 9.17) is 0 Å².